The van der Waals surface area contributed by atoms with Gasteiger partial charge in [-0.15, -0.1) is 0 Å². The number of aromatic nitrogens is 2. The molecule has 0 aromatic carbocycles. The van der Waals surface area contributed by atoms with Crippen LogP contribution in [0.5, 0.6) is 0 Å². The lowest BCUT2D eigenvalue weighted by atomic mass is 10.1. The molecule has 1 atom stereocenters. The largest absolute Gasteiger partial charge is 0.387 e. The topological polar surface area (TPSA) is 38.0 Å². The number of alkyl halides is 3. The molecule has 6 heteroatoms. The summed E-state index contributed by atoms with van der Waals surface area (Å²) >= 11 is 3.01. The Morgan fingerprint density at radius 1 is 1.69 bits per heavy atom. The Morgan fingerprint density at radius 3 is 2.77 bits per heavy atom. The average Bonchev–Trinajstić information content (AvgIpc) is 2.46. The summed E-state index contributed by atoms with van der Waals surface area (Å²) in [6.45, 7) is 0. The van der Waals surface area contributed by atoms with Crippen molar-refractivity contribution in [3.05, 3.63) is 17.5 Å². The molecule has 1 rings (SSSR count). The van der Waals surface area contributed by atoms with Crippen LogP contribution in [0, 0.1) is 0 Å². The number of aliphatic hydroxyl groups excluding tert-OH is 1. The van der Waals surface area contributed by atoms with Crippen molar-refractivity contribution in [1.29, 1.82) is 0 Å². The third-order valence-electron chi connectivity index (χ3n) is 1.60. The summed E-state index contributed by atoms with van der Waals surface area (Å²) in [5.41, 5.74) is -0.177. The Balaban J connectivity index is 3.04. The standard InChI is InChI=1S/C7H9BrF2N2O/c1-12-3-4(5(13)2-8)6(11-12)7(9)10/h3,5,7,13H,2H2,1H3. The summed E-state index contributed by atoms with van der Waals surface area (Å²) < 4.78 is 25.9. The van der Waals surface area contributed by atoms with Crippen LogP contribution < -0.4 is 0 Å². The lowest BCUT2D eigenvalue weighted by molar-refractivity contribution is 0.136. The van der Waals surface area contributed by atoms with Gasteiger partial charge < -0.3 is 5.11 Å². The summed E-state index contributed by atoms with van der Waals surface area (Å²) in [5, 5.41) is 13.1. The number of nitrogens with zero attached hydrogens (tertiary/aromatic N) is 2. The average molecular weight is 255 g/mol. The smallest absolute Gasteiger partial charge is 0.282 e. The Kier molecular flexibility index (Phi) is 3.38. The van der Waals surface area contributed by atoms with Crippen molar-refractivity contribution in [1.82, 2.24) is 9.78 Å². The molecule has 1 unspecified atom stereocenters. The highest BCUT2D eigenvalue weighted by Crippen LogP contribution is 2.26. The molecule has 0 aliphatic carbocycles. The van der Waals surface area contributed by atoms with E-state index in [9.17, 15) is 13.9 Å². The van der Waals surface area contributed by atoms with E-state index in [4.69, 9.17) is 0 Å². The molecule has 0 saturated heterocycles. The number of aliphatic hydroxyl groups is 1. The minimum absolute atomic E-state index is 0.175. The summed E-state index contributed by atoms with van der Waals surface area (Å²) in [6, 6.07) is 0. The van der Waals surface area contributed by atoms with Gasteiger partial charge in [0.2, 0.25) is 0 Å². The van der Waals surface area contributed by atoms with Gasteiger partial charge in [-0.1, -0.05) is 15.9 Å². The fourth-order valence-electron chi connectivity index (χ4n) is 1.03. The Hall–Kier alpha value is -0.490. The van der Waals surface area contributed by atoms with Gasteiger partial charge in [0.25, 0.3) is 6.43 Å². The van der Waals surface area contributed by atoms with Crippen LogP contribution in [0.2, 0.25) is 0 Å². The predicted molar refractivity (Wildman–Crippen MR) is 46.9 cm³/mol. The van der Waals surface area contributed by atoms with Gasteiger partial charge in [0.1, 0.15) is 5.69 Å². The number of halogens is 3. The van der Waals surface area contributed by atoms with Crippen molar-refractivity contribution in [2.75, 3.05) is 5.33 Å². The van der Waals surface area contributed by atoms with Gasteiger partial charge in [-0.05, 0) is 0 Å². The maximum atomic E-state index is 12.3. The fraction of sp³-hybridized carbons (Fsp3) is 0.571. The molecule has 0 spiro atoms. The zero-order valence-corrected chi connectivity index (χ0v) is 8.50. The van der Waals surface area contributed by atoms with Crippen LogP contribution in [0.15, 0.2) is 6.20 Å². The maximum absolute atomic E-state index is 12.3. The summed E-state index contributed by atoms with van der Waals surface area (Å²) in [5.74, 6) is 0. The van der Waals surface area contributed by atoms with E-state index in [1.807, 2.05) is 0 Å². The molecule has 0 aliphatic rings. The fourth-order valence-corrected chi connectivity index (χ4v) is 1.38. The second-order valence-corrected chi connectivity index (χ2v) is 3.26. The summed E-state index contributed by atoms with van der Waals surface area (Å²) in [4.78, 5) is 0. The number of rotatable bonds is 3. The Bertz CT molecular complexity index is 290. The van der Waals surface area contributed by atoms with Crippen molar-refractivity contribution in [2.24, 2.45) is 7.05 Å². The first-order chi connectivity index (χ1) is 6.06. The van der Waals surface area contributed by atoms with Crippen LogP contribution in [0.3, 0.4) is 0 Å². The maximum Gasteiger partial charge on any atom is 0.282 e. The minimum Gasteiger partial charge on any atom is -0.387 e. The Morgan fingerprint density at radius 2 is 2.31 bits per heavy atom. The second kappa shape index (κ2) is 4.15. The van der Waals surface area contributed by atoms with Crippen molar-refractivity contribution >= 4 is 15.9 Å². The molecule has 1 aromatic rings. The number of hydrogen-bond donors (Lipinski definition) is 1. The van der Waals surface area contributed by atoms with E-state index < -0.39 is 12.5 Å². The first-order valence-corrected chi connectivity index (χ1v) is 4.74. The zero-order valence-electron chi connectivity index (χ0n) is 6.91. The Labute approximate surface area is 82.5 Å². The quantitative estimate of drug-likeness (QED) is 0.836. The van der Waals surface area contributed by atoms with Crippen LogP contribution in [0.25, 0.3) is 0 Å². The van der Waals surface area contributed by atoms with E-state index >= 15 is 0 Å². The third-order valence-corrected chi connectivity index (χ3v) is 2.21. The van der Waals surface area contributed by atoms with Crippen LogP contribution in [0.4, 0.5) is 8.78 Å². The predicted octanol–water partition coefficient (Wildman–Crippen LogP) is 1.79. The van der Waals surface area contributed by atoms with Gasteiger partial charge in [0.05, 0.1) is 6.10 Å². The minimum atomic E-state index is -2.65. The molecule has 0 amide bonds. The van der Waals surface area contributed by atoms with E-state index in [-0.39, 0.29) is 16.6 Å². The van der Waals surface area contributed by atoms with Crippen LogP contribution >= 0.6 is 15.9 Å². The SMILES string of the molecule is Cn1cc(C(O)CBr)c(C(F)F)n1. The molecule has 0 saturated carbocycles. The van der Waals surface area contributed by atoms with Crippen LogP contribution in [-0.4, -0.2) is 20.2 Å². The molecule has 3 nitrogen and oxygen atoms in total. The van der Waals surface area contributed by atoms with E-state index in [1.54, 1.807) is 0 Å². The molecule has 1 heterocycles. The van der Waals surface area contributed by atoms with E-state index in [0.29, 0.717) is 0 Å². The van der Waals surface area contributed by atoms with Crippen LogP contribution in [-0.2, 0) is 7.05 Å². The lowest BCUT2D eigenvalue weighted by Gasteiger charge is -2.05. The molecular weight excluding hydrogens is 246 g/mol. The van der Waals surface area contributed by atoms with Crippen molar-refractivity contribution in [2.45, 2.75) is 12.5 Å². The monoisotopic (exact) mass is 254 g/mol. The van der Waals surface area contributed by atoms with Crippen molar-refractivity contribution in [3.63, 3.8) is 0 Å². The van der Waals surface area contributed by atoms with Gasteiger partial charge in [-0.3, -0.25) is 4.68 Å². The van der Waals surface area contributed by atoms with Crippen molar-refractivity contribution in [3.8, 4) is 0 Å². The van der Waals surface area contributed by atoms with Crippen LogP contribution in [0.1, 0.15) is 23.8 Å². The van der Waals surface area contributed by atoms with Gasteiger partial charge in [-0.25, -0.2) is 8.78 Å². The molecule has 0 fully saturated rings. The highest BCUT2D eigenvalue weighted by molar-refractivity contribution is 9.09. The molecule has 74 valence electrons. The molecule has 0 bridgehead atoms. The normalized spacial score (nSPS) is 13.7. The zero-order chi connectivity index (χ0) is 10.0. The summed E-state index contributed by atoms with van der Waals surface area (Å²) in [6.07, 6.45) is -2.18. The van der Waals surface area contributed by atoms with Gasteiger partial charge in [-0.2, -0.15) is 5.10 Å². The highest BCUT2D eigenvalue weighted by Gasteiger charge is 2.21. The van der Waals surface area contributed by atoms with Gasteiger partial charge in [0.15, 0.2) is 0 Å². The molecular formula is C7H9BrF2N2O. The first-order valence-electron chi connectivity index (χ1n) is 3.62. The highest BCUT2D eigenvalue weighted by atomic mass is 79.9. The molecule has 1 N–H and O–H groups in total. The van der Waals surface area contributed by atoms with E-state index in [2.05, 4.69) is 21.0 Å². The second-order valence-electron chi connectivity index (χ2n) is 2.61. The third kappa shape index (κ3) is 2.25. The van der Waals surface area contributed by atoms with Crippen molar-refractivity contribution < 1.29 is 13.9 Å². The molecule has 13 heavy (non-hydrogen) atoms. The lowest BCUT2D eigenvalue weighted by Crippen LogP contribution is -2.01. The van der Waals surface area contributed by atoms with Gasteiger partial charge in [0, 0.05) is 24.1 Å². The first kappa shape index (κ1) is 10.6. The van der Waals surface area contributed by atoms with E-state index in [0.717, 1.165) is 0 Å². The molecule has 1 aromatic heterocycles. The molecule has 0 aliphatic heterocycles. The van der Waals surface area contributed by atoms with Gasteiger partial charge >= 0.3 is 0 Å². The molecule has 0 radical (unpaired) electrons. The van der Waals surface area contributed by atoms with E-state index in [1.165, 1.54) is 17.9 Å². The number of aryl methyl sites for hydroxylation is 1. The number of hydrogen-bond acceptors (Lipinski definition) is 2. The summed E-state index contributed by atoms with van der Waals surface area (Å²) in [7, 11) is 1.54.